The molecule has 1 aromatic rings. The Bertz CT molecular complexity index is 467. The molecule has 0 aromatic heterocycles. The molecule has 1 atom stereocenters. The summed E-state index contributed by atoms with van der Waals surface area (Å²) in [5.74, 6) is -0.650. The van der Waals surface area contributed by atoms with Gasteiger partial charge in [-0.3, -0.25) is 4.79 Å². The lowest BCUT2D eigenvalue weighted by Crippen LogP contribution is -2.33. The van der Waals surface area contributed by atoms with E-state index in [4.69, 9.17) is 29.6 Å². The van der Waals surface area contributed by atoms with E-state index >= 15 is 0 Å². The molecule has 18 heavy (non-hydrogen) atoms. The molecular weight excluding hydrogens is 336 g/mol. The van der Waals surface area contributed by atoms with Crippen LogP contribution in [0, 0.1) is 5.92 Å². The van der Waals surface area contributed by atoms with Gasteiger partial charge in [-0.15, -0.1) is 0 Å². The molecule has 0 spiro atoms. The van der Waals surface area contributed by atoms with Gasteiger partial charge in [-0.05, 0) is 34.5 Å². The first-order chi connectivity index (χ1) is 8.47. The number of carbonyl (C=O) groups excluding carboxylic acids is 1. The van der Waals surface area contributed by atoms with E-state index < -0.39 is 5.92 Å². The fourth-order valence-electron chi connectivity index (χ4n) is 1.51. The van der Waals surface area contributed by atoms with Crippen LogP contribution in [0.25, 0.3) is 0 Å². The number of nitrogens with two attached hydrogens (primary N) is 1. The molecule has 1 amide bonds. The number of thiocarbonyl (C=S) groups is 1. The van der Waals surface area contributed by atoms with Crippen molar-refractivity contribution >= 4 is 56.3 Å². The lowest BCUT2D eigenvalue weighted by atomic mass is 10.0. The Morgan fingerprint density at radius 2 is 2.28 bits per heavy atom. The van der Waals surface area contributed by atoms with Crippen LogP contribution in [-0.4, -0.2) is 10.9 Å². The van der Waals surface area contributed by atoms with Crippen LogP contribution in [0.4, 0.5) is 5.69 Å². The maximum absolute atomic E-state index is 12.1. The Kier molecular flexibility index (Phi) is 6.05. The smallest absolute Gasteiger partial charge is 0.234 e. The number of nitrogens with one attached hydrogen (secondary N) is 1. The van der Waals surface area contributed by atoms with E-state index in [9.17, 15) is 4.79 Å². The highest BCUT2D eigenvalue weighted by atomic mass is 79.9. The molecule has 0 aliphatic carbocycles. The fraction of sp³-hybridized carbons (Fsp3) is 0.333. The Morgan fingerprint density at radius 1 is 1.61 bits per heavy atom. The van der Waals surface area contributed by atoms with Crippen LogP contribution < -0.4 is 11.1 Å². The van der Waals surface area contributed by atoms with Crippen LogP contribution in [0.2, 0.25) is 5.02 Å². The zero-order valence-corrected chi connectivity index (χ0v) is 13.0. The van der Waals surface area contributed by atoms with Gasteiger partial charge in [-0.25, -0.2) is 0 Å². The molecule has 0 fully saturated rings. The summed E-state index contributed by atoms with van der Waals surface area (Å²) in [4.78, 5) is 12.3. The number of rotatable bonds is 5. The van der Waals surface area contributed by atoms with Crippen LogP contribution >= 0.6 is 39.7 Å². The highest BCUT2D eigenvalue weighted by molar-refractivity contribution is 9.10. The van der Waals surface area contributed by atoms with Gasteiger partial charge in [0.15, 0.2) is 0 Å². The van der Waals surface area contributed by atoms with Crippen LogP contribution in [0.3, 0.4) is 0 Å². The van der Waals surface area contributed by atoms with Gasteiger partial charge in [-0.1, -0.05) is 43.2 Å². The van der Waals surface area contributed by atoms with Crippen molar-refractivity contribution < 1.29 is 4.79 Å². The Morgan fingerprint density at radius 3 is 2.83 bits per heavy atom. The normalized spacial score (nSPS) is 11.9. The first-order valence-electron chi connectivity index (χ1n) is 5.51. The topological polar surface area (TPSA) is 55.1 Å². The minimum absolute atomic E-state index is 0.202. The average molecular weight is 350 g/mol. The van der Waals surface area contributed by atoms with E-state index in [1.165, 1.54) is 0 Å². The predicted molar refractivity (Wildman–Crippen MR) is 83.0 cm³/mol. The molecule has 98 valence electrons. The van der Waals surface area contributed by atoms with Crippen LogP contribution in [0.5, 0.6) is 0 Å². The highest BCUT2D eigenvalue weighted by Gasteiger charge is 2.21. The van der Waals surface area contributed by atoms with Crippen LogP contribution in [0.1, 0.15) is 19.8 Å². The quantitative estimate of drug-likeness (QED) is 0.796. The van der Waals surface area contributed by atoms with Gasteiger partial charge >= 0.3 is 0 Å². The second-order valence-corrected chi connectivity index (χ2v) is 5.51. The molecule has 3 N–H and O–H groups in total. The van der Waals surface area contributed by atoms with Crippen molar-refractivity contribution in [2.24, 2.45) is 11.7 Å². The molecule has 1 aromatic carbocycles. The summed E-state index contributed by atoms with van der Waals surface area (Å²) in [7, 11) is 0. The van der Waals surface area contributed by atoms with Gasteiger partial charge in [0.2, 0.25) is 5.91 Å². The summed E-state index contributed by atoms with van der Waals surface area (Å²) in [5, 5.41) is 3.32. The van der Waals surface area contributed by atoms with Crippen molar-refractivity contribution in [2.75, 3.05) is 5.32 Å². The van der Waals surface area contributed by atoms with Crippen molar-refractivity contribution in [1.82, 2.24) is 0 Å². The van der Waals surface area contributed by atoms with Crippen LogP contribution in [0.15, 0.2) is 22.7 Å². The second-order valence-electron chi connectivity index (χ2n) is 3.83. The molecule has 0 aliphatic heterocycles. The fourth-order valence-corrected chi connectivity index (χ4v) is 2.27. The number of halogens is 2. The number of benzene rings is 1. The first kappa shape index (κ1) is 15.4. The molecule has 0 saturated carbocycles. The van der Waals surface area contributed by atoms with E-state index in [0.29, 0.717) is 21.6 Å². The molecule has 3 nitrogen and oxygen atoms in total. The molecule has 0 aliphatic rings. The van der Waals surface area contributed by atoms with Crippen molar-refractivity contribution in [3.63, 3.8) is 0 Å². The number of anilines is 1. The maximum atomic E-state index is 12.1. The summed E-state index contributed by atoms with van der Waals surface area (Å²) >= 11 is 14.2. The summed E-state index contributed by atoms with van der Waals surface area (Å²) in [6.45, 7) is 1.98. The molecule has 1 unspecified atom stereocenters. The largest absolute Gasteiger partial charge is 0.393 e. The van der Waals surface area contributed by atoms with E-state index in [1.807, 2.05) is 6.92 Å². The first-order valence-corrected chi connectivity index (χ1v) is 7.09. The zero-order chi connectivity index (χ0) is 13.7. The second kappa shape index (κ2) is 7.07. The predicted octanol–water partition coefficient (Wildman–Crippen LogP) is 3.74. The molecule has 0 radical (unpaired) electrons. The Labute approximate surface area is 125 Å². The van der Waals surface area contributed by atoms with Gasteiger partial charge in [0.25, 0.3) is 0 Å². The van der Waals surface area contributed by atoms with Crippen molar-refractivity contribution in [3.05, 3.63) is 27.7 Å². The van der Waals surface area contributed by atoms with Gasteiger partial charge < -0.3 is 11.1 Å². The van der Waals surface area contributed by atoms with Crippen molar-refractivity contribution in [1.29, 1.82) is 0 Å². The number of hydrogen-bond donors (Lipinski definition) is 2. The average Bonchev–Trinajstić information content (AvgIpc) is 2.31. The van der Waals surface area contributed by atoms with Gasteiger partial charge in [0, 0.05) is 0 Å². The van der Waals surface area contributed by atoms with E-state index in [2.05, 4.69) is 21.2 Å². The third-order valence-electron chi connectivity index (χ3n) is 2.45. The minimum Gasteiger partial charge on any atom is -0.393 e. The van der Waals surface area contributed by atoms with E-state index in [0.717, 1.165) is 6.42 Å². The number of amides is 1. The lowest BCUT2D eigenvalue weighted by Gasteiger charge is -2.15. The monoisotopic (exact) mass is 348 g/mol. The van der Waals surface area contributed by atoms with E-state index in [1.54, 1.807) is 18.2 Å². The Balaban J connectivity index is 2.86. The highest BCUT2D eigenvalue weighted by Crippen LogP contribution is 2.30. The van der Waals surface area contributed by atoms with Gasteiger partial charge in [0.1, 0.15) is 0 Å². The van der Waals surface area contributed by atoms with Crippen molar-refractivity contribution in [3.8, 4) is 0 Å². The molecular formula is C12H14BrClN2OS. The molecule has 1 rings (SSSR count). The standard InChI is InChI=1S/C12H14BrClN2OS/c1-2-4-7(11(15)18)12(17)16-9-6-3-5-8(14)10(9)13/h3,5-7H,2,4H2,1H3,(H2,15,18)(H,16,17). The lowest BCUT2D eigenvalue weighted by molar-refractivity contribution is -0.118. The Hall–Kier alpha value is -0.650. The summed E-state index contributed by atoms with van der Waals surface area (Å²) in [6, 6.07) is 5.26. The third-order valence-corrected chi connectivity index (χ3v) is 4.13. The van der Waals surface area contributed by atoms with Gasteiger partial charge in [-0.2, -0.15) is 0 Å². The van der Waals surface area contributed by atoms with Crippen LogP contribution in [-0.2, 0) is 4.79 Å². The van der Waals surface area contributed by atoms with E-state index in [-0.39, 0.29) is 10.9 Å². The van der Waals surface area contributed by atoms with Gasteiger partial charge in [0.05, 0.1) is 26.1 Å². The molecule has 0 bridgehead atoms. The molecule has 0 saturated heterocycles. The zero-order valence-electron chi connectivity index (χ0n) is 9.87. The van der Waals surface area contributed by atoms with Crippen molar-refractivity contribution in [2.45, 2.75) is 19.8 Å². The molecule has 6 heteroatoms. The summed E-state index contributed by atoms with van der Waals surface area (Å²) in [5.41, 5.74) is 6.19. The summed E-state index contributed by atoms with van der Waals surface area (Å²) in [6.07, 6.45) is 1.48. The SMILES string of the molecule is CCCC(C(=O)Nc1cccc(Cl)c1Br)C(N)=S. The number of carbonyl (C=O) groups is 1. The third kappa shape index (κ3) is 3.93. The summed E-state index contributed by atoms with van der Waals surface area (Å²) < 4.78 is 0.651. The molecule has 0 heterocycles. The number of hydrogen-bond acceptors (Lipinski definition) is 2. The minimum atomic E-state index is -0.448. The maximum Gasteiger partial charge on any atom is 0.234 e.